The van der Waals surface area contributed by atoms with Gasteiger partial charge in [0.05, 0.1) is 0 Å². The van der Waals surface area contributed by atoms with Crippen LogP contribution in [0.15, 0.2) is 54.7 Å². The van der Waals surface area contributed by atoms with Gasteiger partial charge in [-0.15, -0.1) is 0 Å². The average Bonchev–Trinajstić information content (AvgIpc) is 2.56. The summed E-state index contributed by atoms with van der Waals surface area (Å²) in [5, 5.41) is 0. The maximum absolute atomic E-state index is 13.2. The van der Waals surface area contributed by atoms with E-state index in [9.17, 15) is 4.39 Å². The number of hydrogen-bond acceptors (Lipinski definition) is 3. The van der Waals surface area contributed by atoms with Crippen LogP contribution in [0.25, 0.3) is 6.08 Å². The second kappa shape index (κ2) is 7.18. The topological polar surface area (TPSA) is 19.4 Å². The molecule has 2 aromatic rings. The molecule has 1 aliphatic heterocycles. The average molecular weight is 297 g/mol. The van der Waals surface area contributed by atoms with Gasteiger partial charge in [0.2, 0.25) is 5.95 Å². The van der Waals surface area contributed by atoms with Gasteiger partial charge in [-0.05, 0) is 11.6 Å². The van der Waals surface area contributed by atoms with Gasteiger partial charge in [-0.25, -0.2) is 4.98 Å². The highest BCUT2D eigenvalue weighted by molar-refractivity contribution is 5.49. The Balaban J connectivity index is 1.49. The van der Waals surface area contributed by atoms with Gasteiger partial charge < -0.3 is 4.90 Å². The number of anilines is 1. The van der Waals surface area contributed by atoms with Gasteiger partial charge in [-0.1, -0.05) is 42.5 Å². The van der Waals surface area contributed by atoms with Gasteiger partial charge in [-0.3, -0.25) is 4.90 Å². The maximum atomic E-state index is 13.2. The van der Waals surface area contributed by atoms with E-state index in [1.807, 2.05) is 24.3 Å². The highest BCUT2D eigenvalue weighted by atomic mass is 19.1. The fraction of sp³-hybridized carbons (Fsp3) is 0.278. The molecule has 1 aromatic heterocycles. The summed E-state index contributed by atoms with van der Waals surface area (Å²) in [7, 11) is 0. The van der Waals surface area contributed by atoms with Crippen molar-refractivity contribution in [3.8, 4) is 0 Å². The maximum Gasteiger partial charge on any atom is 0.214 e. The summed E-state index contributed by atoms with van der Waals surface area (Å²) < 4.78 is 13.2. The van der Waals surface area contributed by atoms with Crippen molar-refractivity contribution in [3.63, 3.8) is 0 Å². The van der Waals surface area contributed by atoms with E-state index in [4.69, 9.17) is 0 Å². The molecule has 3 nitrogen and oxygen atoms in total. The first-order valence-corrected chi connectivity index (χ1v) is 7.62. The Morgan fingerprint density at radius 3 is 2.55 bits per heavy atom. The zero-order valence-electron chi connectivity index (χ0n) is 12.5. The van der Waals surface area contributed by atoms with Crippen LogP contribution in [0.3, 0.4) is 0 Å². The molecule has 0 saturated carbocycles. The van der Waals surface area contributed by atoms with E-state index in [1.54, 1.807) is 0 Å². The number of pyridine rings is 1. The molecule has 1 aliphatic rings. The van der Waals surface area contributed by atoms with Gasteiger partial charge in [-0.2, -0.15) is 4.39 Å². The SMILES string of the molecule is Fc1cc(N2CCN(CC=Cc3ccccc3)CC2)ccn1. The van der Waals surface area contributed by atoms with E-state index in [2.05, 4.69) is 39.1 Å². The molecule has 1 saturated heterocycles. The van der Waals surface area contributed by atoms with Crippen LogP contribution in [-0.4, -0.2) is 42.6 Å². The Hall–Kier alpha value is -2.20. The quantitative estimate of drug-likeness (QED) is 0.809. The van der Waals surface area contributed by atoms with Crippen molar-refractivity contribution in [3.05, 3.63) is 66.2 Å². The molecule has 114 valence electrons. The van der Waals surface area contributed by atoms with Crippen molar-refractivity contribution < 1.29 is 4.39 Å². The molecular weight excluding hydrogens is 277 g/mol. The molecular formula is C18H20FN3. The van der Waals surface area contributed by atoms with Crippen molar-refractivity contribution in [2.75, 3.05) is 37.6 Å². The first-order chi connectivity index (χ1) is 10.8. The van der Waals surface area contributed by atoms with Crippen LogP contribution in [0.4, 0.5) is 10.1 Å². The Morgan fingerprint density at radius 2 is 1.82 bits per heavy atom. The summed E-state index contributed by atoms with van der Waals surface area (Å²) >= 11 is 0. The molecule has 22 heavy (non-hydrogen) atoms. The molecule has 1 fully saturated rings. The first kappa shape index (κ1) is 14.7. The number of aromatic nitrogens is 1. The monoisotopic (exact) mass is 297 g/mol. The number of hydrogen-bond donors (Lipinski definition) is 0. The zero-order chi connectivity index (χ0) is 15.2. The number of halogens is 1. The lowest BCUT2D eigenvalue weighted by molar-refractivity contribution is 0.284. The summed E-state index contributed by atoms with van der Waals surface area (Å²) in [6, 6.07) is 13.7. The van der Waals surface area contributed by atoms with Gasteiger partial charge in [0.25, 0.3) is 0 Å². The van der Waals surface area contributed by atoms with Crippen molar-refractivity contribution in [2.45, 2.75) is 0 Å². The van der Waals surface area contributed by atoms with Gasteiger partial charge in [0, 0.05) is 50.7 Å². The predicted octanol–water partition coefficient (Wildman–Crippen LogP) is 3.06. The van der Waals surface area contributed by atoms with Crippen LogP contribution in [0.1, 0.15) is 5.56 Å². The second-order valence-corrected chi connectivity index (χ2v) is 5.44. The number of benzene rings is 1. The number of nitrogens with zero attached hydrogens (tertiary/aromatic N) is 3. The Labute approximate surface area is 130 Å². The smallest absolute Gasteiger partial charge is 0.214 e. The normalized spacial score (nSPS) is 16.3. The van der Waals surface area contributed by atoms with E-state index in [0.717, 1.165) is 38.4 Å². The third-order valence-electron chi connectivity index (χ3n) is 3.92. The molecule has 0 amide bonds. The fourth-order valence-corrected chi connectivity index (χ4v) is 2.68. The second-order valence-electron chi connectivity index (χ2n) is 5.44. The highest BCUT2D eigenvalue weighted by Gasteiger charge is 2.16. The van der Waals surface area contributed by atoms with Gasteiger partial charge in [0.15, 0.2) is 0 Å². The Kier molecular flexibility index (Phi) is 4.81. The van der Waals surface area contributed by atoms with Gasteiger partial charge in [0.1, 0.15) is 0 Å². The van der Waals surface area contributed by atoms with Crippen molar-refractivity contribution in [1.82, 2.24) is 9.88 Å². The van der Waals surface area contributed by atoms with Crippen molar-refractivity contribution >= 4 is 11.8 Å². The summed E-state index contributed by atoms with van der Waals surface area (Å²) in [5.41, 5.74) is 2.15. The zero-order valence-corrected chi connectivity index (χ0v) is 12.5. The third kappa shape index (κ3) is 3.92. The minimum Gasteiger partial charge on any atom is -0.369 e. The third-order valence-corrected chi connectivity index (χ3v) is 3.92. The largest absolute Gasteiger partial charge is 0.369 e. The molecule has 2 heterocycles. The fourth-order valence-electron chi connectivity index (χ4n) is 2.68. The summed E-state index contributed by atoms with van der Waals surface area (Å²) in [4.78, 5) is 8.23. The molecule has 0 unspecified atom stereocenters. The highest BCUT2D eigenvalue weighted by Crippen LogP contribution is 2.16. The lowest BCUT2D eigenvalue weighted by Gasteiger charge is -2.35. The van der Waals surface area contributed by atoms with E-state index in [1.165, 1.54) is 17.8 Å². The summed E-state index contributed by atoms with van der Waals surface area (Å²) in [6.45, 7) is 4.77. The molecule has 4 heteroatoms. The van der Waals surface area contributed by atoms with Crippen LogP contribution in [0, 0.1) is 5.95 Å². The predicted molar refractivity (Wildman–Crippen MR) is 88.3 cm³/mol. The van der Waals surface area contributed by atoms with Gasteiger partial charge >= 0.3 is 0 Å². The molecule has 0 bridgehead atoms. The number of rotatable bonds is 4. The summed E-state index contributed by atoms with van der Waals surface area (Å²) in [6.07, 6.45) is 5.89. The first-order valence-electron chi connectivity index (χ1n) is 7.62. The lowest BCUT2D eigenvalue weighted by Crippen LogP contribution is -2.46. The standard InChI is InChI=1S/C18H20FN3/c19-18-15-17(8-9-20-18)22-13-11-21(12-14-22)10-4-7-16-5-2-1-3-6-16/h1-9,15H,10-14H2. The van der Waals surface area contributed by atoms with Crippen LogP contribution < -0.4 is 4.90 Å². The molecule has 0 atom stereocenters. The summed E-state index contributed by atoms with van der Waals surface area (Å²) in [5.74, 6) is -0.411. The molecule has 0 N–H and O–H groups in total. The Bertz CT molecular complexity index is 619. The van der Waals surface area contributed by atoms with Crippen LogP contribution >= 0.6 is 0 Å². The van der Waals surface area contributed by atoms with E-state index < -0.39 is 5.95 Å². The van der Waals surface area contributed by atoms with E-state index >= 15 is 0 Å². The van der Waals surface area contributed by atoms with Crippen LogP contribution in [0.2, 0.25) is 0 Å². The van der Waals surface area contributed by atoms with Crippen LogP contribution in [0.5, 0.6) is 0 Å². The minimum absolute atomic E-state index is 0.411. The lowest BCUT2D eigenvalue weighted by atomic mass is 10.2. The van der Waals surface area contributed by atoms with Crippen molar-refractivity contribution in [2.24, 2.45) is 0 Å². The molecule has 0 spiro atoms. The molecule has 0 aliphatic carbocycles. The van der Waals surface area contributed by atoms with E-state index in [0.29, 0.717) is 0 Å². The Morgan fingerprint density at radius 1 is 1.05 bits per heavy atom. The number of piperazine rings is 1. The van der Waals surface area contributed by atoms with E-state index in [-0.39, 0.29) is 0 Å². The minimum atomic E-state index is -0.411. The molecule has 3 rings (SSSR count). The molecule has 0 radical (unpaired) electrons. The van der Waals surface area contributed by atoms with Crippen molar-refractivity contribution in [1.29, 1.82) is 0 Å². The molecule has 1 aromatic carbocycles. The van der Waals surface area contributed by atoms with Crippen LogP contribution in [-0.2, 0) is 0 Å².